The minimum atomic E-state index is -0.791. The lowest BCUT2D eigenvalue weighted by Crippen LogP contribution is -2.30. The van der Waals surface area contributed by atoms with Gasteiger partial charge < -0.3 is 10.4 Å². The van der Waals surface area contributed by atoms with Gasteiger partial charge >= 0.3 is 5.97 Å². The maximum absolute atomic E-state index is 12.2. The Balaban J connectivity index is 1.54. The van der Waals surface area contributed by atoms with Crippen molar-refractivity contribution in [2.45, 2.75) is 51.4 Å². The highest BCUT2D eigenvalue weighted by atomic mass is 16.4. The van der Waals surface area contributed by atoms with Crippen molar-refractivity contribution in [2.24, 2.45) is 0 Å². The molecule has 2 rings (SSSR count). The highest BCUT2D eigenvalue weighted by Gasteiger charge is 2.34. The van der Waals surface area contributed by atoms with Crippen LogP contribution in [-0.2, 0) is 9.59 Å². The van der Waals surface area contributed by atoms with E-state index in [2.05, 4.69) is 5.32 Å². The number of aliphatic carboxylic acids is 1. The van der Waals surface area contributed by atoms with Crippen LogP contribution < -0.4 is 5.32 Å². The zero-order valence-corrected chi connectivity index (χ0v) is 15.4. The topological polar surface area (TPSA) is 104 Å². The van der Waals surface area contributed by atoms with Gasteiger partial charge in [-0.2, -0.15) is 0 Å². The van der Waals surface area contributed by atoms with Crippen molar-refractivity contribution in [3.8, 4) is 0 Å². The zero-order valence-electron chi connectivity index (χ0n) is 15.4. The Kier molecular flexibility index (Phi) is 7.98. The van der Waals surface area contributed by atoms with Crippen molar-refractivity contribution in [1.82, 2.24) is 10.2 Å². The summed E-state index contributed by atoms with van der Waals surface area (Å²) in [5.41, 5.74) is 0.926. The summed E-state index contributed by atoms with van der Waals surface area (Å²) in [6.07, 6.45) is 4.91. The Morgan fingerprint density at radius 3 is 2.07 bits per heavy atom. The summed E-state index contributed by atoms with van der Waals surface area (Å²) in [5, 5.41) is 11.4. The van der Waals surface area contributed by atoms with Crippen LogP contribution in [0, 0.1) is 0 Å². The standard InChI is InChI=1S/C20H26N2O5/c23-17(21-13-7-1-4-12-18(24)25)11-3-2-8-14-22-19(26)15-9-5-6-10-16(15)20(22)27/h5-6,9-10H,1-4,7-8,11-14H2,(H,21,23)(H,24,25). The molecular weight excluding hydrogens is 348 g/mol. The summed E-state index contributed by atoms with van der Waals surface area (Å²) in [6, 6.07) is 6.83. The minimum Gasteiger partial charge on any atom is -0.481 e. The molecule has 7 nitrogen and oxygen atoms in total. The molecule has 2 N–H and O–H groups in total. The number of nitrogens with one attached hydrogen (secondary N) is 1. The second kappa shape index (κ2) is 10.4. The number of rotatable bonds is 12. The molecule has 7 heteroatoms. The molecule has 0 radical (unpaired) electrons. The molecule has 0 saturated carbocycles. The van der Waals surface area contributed by atoms with E-state index in [4.69, 9.17) is 5.11 Å². The lowest BCUT2D eigenvalue weighted by Gasteiger charge is -2.13. The molecule has 1 aromatic rings. The summed E-state index contributed by atoms with van der Waals surface area (Å²) in [6.45, 7) is 0.936. The van der Waals surface area contributed by atoms with E-state index >= 15 is 0 Å². The number of imide groups is 1. The Morgan fingerprint density at radius 1 is 0.852 bits per heavy atom. The van der Waals surface area contributed by atoms with Crippen LogP contribution in [0.5, 0.6) is 0 Å². The molecule has 0 aliphatic carbocycles. The number of benzene rings is 1. The monoisotopic (exact) mass is 374 g/mol. The average Bonchev–Trinajstić information content (AvgIpc) is 2.89. The fourth-order valence-electron chi connectivity index (χ4n) is 3.07. The SMILES string of the molecule is O=C(O)CCCCCNC(=O)CCCCCN1C(=O)c2ccccc2C1=O. The van der Waals surface area contributed by atoms with E-state index in [0.29, 0.717) is 49.9 Å². The molecule has 0 spiro atoms. The maximum atomic E-state index is 12.2. The highest BCUT2D eigenvalue weighted by Crippen LogP contribution is 2.22. The fraction of sp³-hybridized carbons (Fsp3) is 0.500. The van der Waals surface area contributed by atoms with Gasteiger partial charge in [-0.3, -0.25) is 24.1 Å². The Hall–Kier alpha value is -2.70. The number of carbonyl (C=O) groups is 4. The third kappa shape index (κ3) is 6.20. The van der Waals surface area contributed by atoms with Gasteiger partial charge in [0.15, 0.2) is 0 Å². The van der Waals surface area contributed by atoms with E-state index in [9.17, 15) is 19.2 Å². The van der Waals surface area contributed by atoms with Gasteiger partial charge in [0.05, 0.1) is 11.1 Å². The van der Waals surface area contributed by atoms with Crippen molar-refractivity contribution in [3.63, 3.8) is 0 Å². The number of carboxylic acids is 1. The molecule has 0 saturated heterocycles. The molecule has 0 aromatic heterocycles. The number of carboxylic acid groups (broad SMARTS) is 1. The van der Waals surface area contributed by atoms with E-state index in [1.165, 1.54) is 4.90 Å². The van der Waals surface area contributed by atoms with Crippen LogP contribution in [0.4, 0.5) is 0 Å². The van der Waals surface area contributed by atoms with Crippen LogP contribution in [-0.4, -0.2) is 46.8 Å². The summed E-state index contributed by atoms with van der Waals surface area (Å²) in [7, 11) is 0. The van der Waals surface area contributed by atoms with Gasteiger partial charge in [0, 0.05) is 25.9 Å². The molecule has 0 atom stereocenters. The number of amides is 3. The molecule has 3 amide bonds. The number of fused-ring (bicyclic) bond motifs is 1. The Labute approximate surface area is 158 Å². The number of hydrogen-bond acceptors (Lipinski definition) is 4. The molecule has 0 unspecified atom stereocenters. The quantitative estimate of drug-likeness (QED) is 0.432. The molecule has 27 heavy (non-hydrogen) atoms. The van der Waals surface area contributed by atoms with Crippen LogP contribution in [0.3, 0.4) is 0 Å². The number of nitrogens with zero attached hydrogens (tertiary/aromatic N) is 1. The molecule has 1 aliphatic heterocycles. The fourth-order valence-corrected chi connectivity index (χ4v) is 3.07. The van der Waals surface area contributed by atoms with E-state index < -0.39 is 5.97 Å². The average molecular weight is 374 g/mol. The lowest BCUT2D eigenvalue weighted by atomic mass is 10.1. The van der Waals surface area contributed by atoms with E-state index in [1.807, 2.05) is 0 Å². The van der Waals surface area contributed by atoms with Gasteiger partial charge in [-0.1, -0.05) is 25.0 Å². The van der Waals surface area contributed by atoms with Gasteiger partial charge in [0.2, 0.25) is 5.91 Å². The van der Waals surface area contributed by atoms with Crippen molar-refractivity contribution in [2.75, 3.05) is 13.1 Å². The van der Waals surface area contributed by atoms with Crippen LogP contribution in [0.2, 0.25) is 0 Å². The Morgan fingerprint density at radius 2 is 1.44 bits per heavy atom. The smallest absolute Gasteiger partial charge is 0.303 e. The van der Waals surface area contributed by atoms with E-state index in [0.717, 1.165) is 19.3 Å². The second-order valence-electron chi connectivity index (χ2n) is 6.67. The van der Waals surface area contributed by atoms with E-state index in [1.54, 1.807) is 24.3 Å². The first-order chi connectivity index (χ1) is 13.0. The predicted molar refractivity (Wildman–Crippen MR) is 99.4 cm³/mol. The van der Waals surface area contributed by atoms with Crippen LogP contribution in [0.1, 0.15) is 72.1 Å². The third-order valence-electron chi connectivity index (χ3n) is 4.55. The third-order valence-corrected chi connectivity index (χ3v) is 4.55. The molecule has 0 bridgehead atoms. The van der Waals surface area contributed by atoms with Crippen molar-refractivity contribution < 1.29 is 24.3 Å². The normalized spacial score (nSPS) is 13.0. The first-order valence-electron chi connectivity index (χ1n) is 9.44. The van der Waals surface area contributed by atoms with Crippen LogP contribution >= 0.6 is 0 Å². The maximum Gasteiger partial charge on any atom is 0.303 e. The number of hydrogen-bond donors (Lipinski definition) is 2. The van der Waals surface area contributed by atoms with Crippen molar-refractivity contribution in [3.05, 3.63) is 35.4 Å². The molecule has 0 fully saturated rings. The van der Waals surface area contributed by atoms with Crippen molar-refractivity contribution in [1.29, 1.82) is 0 Å². The summed E-state index contributed by atoms with van der Waals surface area (Å²) >= 11 is 0. The van der Waals surface area contributed by atoms with Crippen LogP contribution in [0.15, 0.2) is 24.3 Å². The number of unbranched alkanes of at least 4 members (excludes halogenated alkanes) is 4. The lowest BCUT2D eigenvalue weighted by molar-refractivity contribution is -0.137. The molecular formula is C20H26N2O5. The van der Waals surface area contributed by atoms with Gasteiger partial charge in [-0.15, -0.1) is 0 Å². The second-order valence-corrected chi connectivity index (χ2v) is 6.67. The zero-order chi connectivity index (χ0) is 19.6. The number of carbonyl (C=O) groups excluding carboxylic acids is 3. The molecule has 1 heterocycles. The van der Waals surface area contributed by atoms with Gasteiger partial charge in [0.1, 0.15) is 0 Å². The van der Waals surface area contributed by atoms with Crippen molar-refractivity contribution >= 4 is 23.7 Å². The summed E-state index contributed by atoms with van der Waals surface area (Å²) < 4.78 is 0. The summed E-state index contributed by atoms with van der Waals surface area (Å²) in [5.74, 6) is -1.29. The molecule has 1 aromatic carbocycles. The molecule has 1 aliphatic rings. The summed E-state index contributed by atoms with van der Waals surface area (Å²) in [4.78, 5) is 47.8. The van der Waals surface area contributed by atoms with E-state index in [-0.39, 0.29) is 24.1 Å². The largest absolute Gasteiger partial charge is 0.481 e. The van der Waals surface area contributed by atoms with Gasteiger partial charge in [-0.25, -0.2) is 0 Å². The van der Waals surface area contributed by atoms with Crippen LogP contribution in [0.25, 0.3) is 0 Å². The predicted octanol–water partition coefficient (Wildman–Crippen LogP) is 2.60. The Bertz CT molecular complexity index is 666. The minimum absolute atomic E-state index is 0.0195. The molecule has 146 valence electrons. The van der Waals surface area contributed by atoms with Gasteiger partial charge in [-0.05, 0) is 37.8 Å². The first-order valence-corrected chi connectivity index (χ1v) is 9.44. The highest BCUT2D eigenvalue weighted by molar-refractivity contribution is 6.21. The van der Waals surface area contributed by atoms with Gasteiger partial charge in [0.25, 0.3) is 11.8 Å². The first kappa shape index (κ1) is 20.6.